The molecule has 2 N–H and O–H groups in total. The lowest BCUT2D eigenvalue weighted by atomic mass is 10.2. The van der Waals surface area contributed by atoms with Crippen molar-refractivity contribution in [3.63, 3.8) is 0 Å². The lowest BCUT2D eigenvalue weighted by Gasteiger charge is -2.13. The molecule has 0 saturated carbocycles. The average molecular weight is 352 g/mol. The fraction of sp³-hybridized carbons (Fsp3) is 0.471. The molecule has 8 nitrogen and oxygen atoms in total. The second-order valence-electron chi connectivity index (χ2n) is 5.00. The van der Waals surface area contributed by atoms with Crippen LogP contribution >= 0.6 is 0 Å². The normalized spacial score (nSPS) is 9.88. The fourth-order valence-electron chi connectivity index (χ4n) is 1.79. The number of rotatable bonds is 9. The van der Waals surface area contributed by atoms with E-state index in [1.165, 1.54) is 19.2 Å². The predicted molar refractivity (Wildman–Crippen MR) is 90.9 cm³/mol. The Bertz CT molecular complexity index is 603. The second-order valence-corrected chi connectivity index (χ2v) is 5.00. The Kier molecular flexibility index (Phi) is 8.84. The third kappa shape index (κ3) is 7.11. The molecule has 0 aromatic heterocycles. The molecular weight excluding hydrogens is 328 g/mol. The topological polar surface area (TPSA) is 103 Å². The van der Waals surface area contributed by atoms with Crippen LogP contribution in [0.5, 0.6) is 11.5 Å². The van der Waals surface area contributed by atoms with Crippen LogP contribution < -0.4 is 20.1 Å². The molecule has 0 atom stereocenters. The summed E-state index contributed by atoms with van der Waals surface area (Å²) in [7, 11) is 1.37. The number of benzene rings is 1. The first kappa shape index (κ1) is 20.3. The van der Waals surface area contributed by atoms with Gasteiger partial charge < -0.3 is 19.5 Å². The Hall–Kier alpha value is -2.77. The van der Waals surface area contributed by atoms with E-state index in [0.29, 0.717) is 24.7 Å². The highest BCUT2D eigenvalue weighted by molar-refractivity contribution is 5.97. The van der Waals surface area contributed by atoms with E-state index in [2.05, 4.69) is 12.2 Å². The number of amides is 3. The number of hydrogen-bond donors (Lipinski definition) is 2. The highest BCUT2D eigenvalue weighted by atomic mass is 16.5. The van der Waals surface area contributed by atoms with Gasteiger partial charge in [-0.15, -0.1) is 0 Å². The first-order valence-electron chi connectivity index (χ1n) is 8.10. The van der Waals surface area contributed by atoms with Crippen LogP contribution in [0.25, 0.3) is 0 Å². The first-order chi connectivity index (χ1) is 12.0. The van der Waals surface area contributed by atoms with Gasteiger partial charge in [0.1, 0.15) is 0 Å². The van der Waals surface area contributed by atoms with Crippen molar-refractivity contribution in [1.29, 1.82) is 0 Å². The molecule has 0 spiro atoms. The molecule has 3 amide bonds. The molecule has 8 heteroatoms. The van der Waals surface area contributed by atoms with E-state index in [9.17, 15) is 14.4 Å². The summed E-state index contributed by atoms with van der Waals surface area (Å²) in [4.78, 5) is 34.4. The Morgan fingerprint density at radius 3 is 2.48 bits per heavy atom. The monoisotopic (exact) mass is 352 g/mol. The van der Waals surface area contributed by atoms with E-state index in [-0.39, 0.29) is 5.56 Å². The fourth-order valence-corrected chi connectivity index (χ4v) is 1.79. The van der Waals surface area contributed by atoms with Gasteiger partial charge in [0.05, 0.1) is 18.8 Å². The Balaban J connectivity index is 2.70. The van der Waals surface area contributed by atoms with Gasteiger partial charge in [-0.3, -0.25) is 10.1 Å². The van der Waals surface area contributed by atoms with Gasteiger partial charge in [-0.05, 0) is 31.5 Å². The number of hydrogen-bond acceptors (Lipinski definition) is 6. The third-order valence-corrected chi connectivity index (χ3v) is 3.05. The smallest absolute Gasteiger partial charge is 0.338 e. The molecule has 0 saturated heterocycles. The molecule has 1 rings (SSSR count). The Morgan fingerprint density at radius 2 is 1.84 bits per heavy atom. The number of esters is 1. The van der Waals surface area contributed by atoms with E-state index < -0.39 is 24.5 Å². The molecule has 0 fully saturated rings. The van der Waals surface area contributed by atoms with Crippen molar-refractivity contribution in [2.45, 2.75) is 26.7 Å². The minimum Gasteiger partial charge on any atom is -0.490 e. The second kappa shape index (κ2) is 10.9. The Labute approximate surface area is 146 Å². The van der Waals surface area contributed by atoms with Crippen molar-refractivity contribution >= 4 is 17.9 Å². The Morgan fingerprint density at radius 1 is 1.08 bits per heavy atom. The summed E-state index contributed by atoms with van der Waals surface area (Å²) in [6, 6.07) is 3.99. The highest BCUT2D eigenvalue weighted by Crippen LogP contribution is 2.29. The maximum atomic E-state index is 12.0. The number of urea groups is 1. The molecule has 0 bridgehead atoms. The van der Waals surface area contributed by atoms with Crippen LogP contribution in [0.3, 0.4) is 0 Å². The summed E-state index contributed by atoms with van der Waals surface area (Å²) in [6.07, 6.45) is 1.92. The molecule has 0 unspecified atom stereocenters. The molecule has 0 aliphatic rings. The van der Waals surface area contributed by atoms with Crippen LogP contribution in [0.15, 0.2) is 18.2 Å². The summed E-state index contributed by atoms with van der Waals surface area (Å²) in [6.45, 7) is 4.29. The molecule has 0 radical (unpaired) electrons. The van der Waals surface area contributed by atoms with Crippen molar-refractivity contribution in [2.24, 2.45) is 0 Å². The lowest BCUT2D eigenvalue weighted by Crippen LogP contribution is -2.39. The molecule has 25 heavy (non-hydrogen) atoms. The van der Waals surface area contributed by atoms with Crippen LogP contribution in [0.4, 0.5) is 4.79 Å². The largest absolute Gasteiger partial charge is 0.490 e. The van der Waals surface area contributed by atoms with Gasteiger partial charge >= 0.3 is 12.0 Å². The van der Waals surface area contributed by atoms with E-state index >= 15 is 0 Å². The number of ether oxygens (including phenoxy) is 3. The predicted octanol–water partition coefficient (Wildman–Crippen LogP) is 1.88. The molecule has 1 aromatic carbocycles. The summed E-state index contributed by atoms with van der Waals surface area (Å²) in [5, 5.41) is 4.22. The van der Waals surface area contributed by atoms with Gasteiger partial charge in [-0.2, -0.15) is 0 Å². The van der Waals surface area contributed by atoms with Gasteiger partial charge in [0.2, 0.25) is 0 Å². The van der Waals surface area contributed by atoms with Crippen LogP contribution in [-0.4, -0.2) is 44.8 Å². The summed E-state index contributed by atoms with van der Waals surface area (Å²) < 4.78 is 16.0. The maximum Gasteiger partial charge on any atom is 0.338 e. The van der Waals surface area contributed by atoms with Gasteiger partial charge in [0.25, 0.3) is 5.91 Å². The maximum absolute atomic E-state index is 12.0. The molecule has 0 aliphatic heterocycles. The van der Waals surface area contributed by atoms with Gasteiger partial charge in [-0.25, -0.2) is 9.59 Å². The van der Waals surface area contributed by atoms with Crippen LogP contribution in [-0.2, 0) is 9.53 Å². The zero-order valence-corrected chi connectivity index (χ0v) is 14.7. The summed E-state index contributed by atoms with van der Waals surface area (Å²) >= 11 is 0. The number of unbranched alkanes of at least 4 members (excludes halogenated alkanes) is 1. The van der Waals surface area contributed by atoms with Crippen molar-refractivity contribution in [3.8, 4) is 11.5 Å². The van der Waals surface area contributed by atoms with Gasteiger partial charge in [0.15, 0.2) is 18.1 Å². The van der Waals surface area contributed by atoms with Gasteiger partial charge in [0, 0.05) is 7.05 Å². The number of imide groups is 1. The van der Waals surface area contributed by atoms with E-state index in [1.807, 2.05) is 12.2 Å². The van der Waals surface area contributed by atoms with Crippen LogP contribution in [0.2, 0.25) is 0 Å². The zero-order chi connectivity index (χ0) is 18.7. The van der Waals surface area contributed by atoms with E-state index in [1.54, 1.807) is 6.07 Å². The van der Waals surface area contributed by atoms with Crippen LogP contribution in [0, 0.1) is 0 Å². The summed E-state index contributed by atoms with van der Waals surface area (Å²) in [5.41, 5.74) is 0.221. The zero-order valence-electron chi connectivity index (χ0n) is 14.7. The highest BCUT2D eigenvalue weighted by Gasteiger charge is 2.15. The number of nitrogens with one attached hydrogen (secondary N) is 2. The first-order valence-corrected chi connectivity index (χ1v) is 8.10. The number of carbonyl (C=O) groups excluding carboxylic acids is 3. The van der Waals surface area contributed by atoms with Crippen molar-refractivity contribution < 1.29 is 28.6 Å². The van der Waals surface area contributed by atoms with Crippen molar-refractivity contribution in [2.75, 3.05) is 26.9 Å². The van der Waals surface area contributed by atoms with Crippen molar-refractivity contribution in [1.82, 2.24) is 10.6 Å². The minimum absolute atomic E-state index is 0.221. The lowest BCUT2D eigenvalue weighted by molar-refractivity contribution is -0.123. The standard InChI is InChI=1S/C17H24N2O6/c1-4-6-9-24-13-8-7-12(10-14(13)23-5-2)16(21)25-11-15(20)19-17(22)18-3/h7-8,10H,4-6,9,11H2,1-3H3,(H2,18,19,20,22). The van der Waals surface area contributed by atoms with Crippen molar-refractivity contribution in [3.05, 3.63) is 23.8 Å². The van der Waals surface area contributed by atoms with Gasteiger partial charge in [-0.1, -0.05) is 13.3 Å². The minimum atomic E-state index is -0.725. The average Bonchev–Trinajstić information content (AvgIpc) is 2.61. The van der Waals surface area contributed by atoms with E-state index in [0.717, 1.165) is 12.8 Å². The van der Waals surface area contributed by atoms with E-state index in [4.69, 9.17) is 14.2 Å². The summed E-state index contributed by atoms with van der Waals surface area (Å²) in [5.74, 6) is -0.447. The molecule has 0 heterocycles. The third-order valence-electron chi connectivity index (χ3n) is 3.05. The number of carbonyl (C=O) groups is 3. The molecule has 1 aromatic rings. The molecule has 0 aliphatic carbocycles. The molecular formula is C17H24N2O6. The molecule has 138 valence electrons. The SMILES string of the molecule is CCCCOc1ccc(C(=O)OCC(=O)NC(=O)NC)cc1OCC. The van der Waals surface area contributed by atoms with Crippen LogP contribution in [0.1, 0.15) is 37.0 Å². The quantitative estimate of drug-likeness (QED) is 0.519.